The third kappa shape index (κ3) is 3.91. The molecule has 0 aliphatic carbocycles. The Kier molecular flexibility index (Phi) is 5.95. The number of hydrogen-bond donors (Lipinski definition) is 0. The van der Waals surface area contributed by atoms with E-state index in [1.807, 2.05) is 31.2 Å². The summed E-state index contributed by atoms with van der Waals surface area (Å²) in [6, 6.07) is 19.9. The molecule has 0 fully saturated rings. The molecule has 0 radical (unpaired) electrons. The van der Waals surface area contributed by atoms with E-state index in [0.29, 0.717) is 17.9 Å². The molecular formula is C23H22ClFO. The van der Waals surface area contributed by atoms with Crippen molar-refractivity contribution in [1.82, 2.24) is 0 Å². The molecule has 0 saturated heterocycles. The molecule has 1 nitrogen and oxygen atoms in total. The average Bonchev–Trinajstić information content (AvgIpc) is 2.67. The van der Waals surface area contributed by atoms with Crippen LogP contribution in [0.4, 0.5) is 4.39 Å². The first kappa shape index (κ1) is 18.5. The van der Waals surface area contributed by atoms with E-state index in [1.54, 1.807) is 12.1 Å². The van der Waals surface area contributed by atoms with Crippen molar-refractivity contribution < 1.29 is 9.13 Å². The van der Waals surface area contributed by atoms with Gasteiger partial charge in [-0.05, 0) is 47.7 Å². The summed E-state index contributed by atoms with van der Waals surface area (Å²) in [7, 11) is 0. The lowest BCUT2D eigenvalue weighted by Crippen LogP contribution is -1.95. The fraction of sp³-hybridized carbons (Fsp3) is 0.217. The van der Waals surface area contributed by atoms with Gasteiger partial charge in [-0.3, -0.25) is 0 Å². The van der Waals surface area contributed by atoms with Gasteiger partial charge < -0.3 is 4.74 Å². The Labute approximate surface area is 159 Å². The second-order valence-electron chi connectivity index (χ2n) is 6.20. The Hall–Kier alpha value is -2.32. The molecule has 0 aliphatic heterocycles. The lowest BCUT2D eigenvalue weighted by molar-refractivity contribution is 0.338. The first-order chi connectivity index (χ1) is 12.6. The molecule has 0 bridgehead atoms. The molecule has 26 heavy (non-hydrogen) atoms. The highest BCUT2D eigenvalue weighted by Gasteiger charge is 2.14. The van der Waals surface area contributed by atoms with E-state index < -0.39 is 5.82 Å². The summed E-state index contributed by atoms with van der Waals surface area (Å²) in [4.78, 5) is 0. The molecule has 0 heterocycles. The van der Waals surface area contributed by atoms with Gasteiger partial charge in [0.25, 0.3) is 0 Å². The Morgan fingerprint density at radius 1 is 0.808 bits per heavy atom. The Balaban J connectivity index is 1.87. The van der Waals surface area contributed by atoms with Crippen LogP contribution in [0.25, 0.3) is 22.3 Å². The second kappa shape index (κ2) is 8.37. The summed E-state index contributed by atoms with van der Waals surface area (Å²) >= 11 is 6.09. The zero-order chi connectivity index (χ0) is 18.5. The SMILES string of the molecule is CCCc1ccc(-c2ccc(-c3ccc(OCC)c(Cl)c3F)cc2)cc1. The van der Waals surface area contributed by atoms with Crippen LogP contribution in [0.2, 0.25) is 5.02 Å². The van der Waals surface area contributed by atoms with E-state index in [9.17, 15) is 4.39 Å². The fourth-order valence-corrected chi connectivity index (χ4v) is 3.24. The number of rotatable bonds is 6. The van der Waals surface area contributed by atoms with Gasteiger partial charge in [-0.15, -0.1) is 0 Å². The number of benzene rings is 3. The predicted octanol–water partition coefficient (Wildman–Crippen LogP) is 7.16. The lowest BCUT2D eigenvalue weighted by Gasteiger charge is -2.11. The maximum absolute atomic E-state index is 14.6. The van der Waals surface area contributed by atoms with Crippen LogP contribution in [0.15, 0.2) is 60.7 Å². The summed E-state index contributed by atoms with van der Waals surface area (Å²) < 4.78 is 19.9. The summed E-state index contributed by atoms with van der Waals surface area (Å²) in [5.41, 5.74) is 4.87. The van der Waals surface area contributed by atoms with Crippen LogP contribution in [0.1, 0.15) is 25.8 Å². The van der Waals surface area contributed by atoms with E-state index in [4.69, 9.17) is 16.3 Å². The Morgan fingerprint density at radius 3 is 1.96 bits per heavy atom. The van der Waals surface area contributed by atoms with Gasteiger partial charge in [0.2, 0.25) is 0 Å². The average molecular weight is 369 g/mol. The minimum atomic E-state index is -0.450. The molecule has 3 heteroatoms. The van der Waals surface area contributed by atoms with Crippen LogP contribution in [0.3, 0.4) is 0 Å². The molecular weight excluding hydrogens is 347 g/mol. The maximum Gasteiger partial charge on any atom is 0.153 e. The van der Waals surface area contributed by atoms with Crippen molar-refractivity contribution in [1.29, 1.82) is 0 Å². The summed E-state index contributed by atoms with van der Waals surface area (Å²) in [6.45, 7) is 4.47. The van der Waals surface area contributed by atoms with Crippen molar-refractivity contribution in [2.45, 2.75) is 26.7 Å². The highest BCUT2D eigenvalue weighted by atomic mass is 35.5. The second-order valence-corrected chi connectivity index (χ2v) is 6.57. The molecule has 3 aromatic rings. The molecule has 0 spiro atoms. The normalized spacial score (nSPS) is 10.8. The summed E-state index contributed by atoms with van der Waals surface area (Å²) in [6.07, 6.45) is 2.24. The van der Waals surface area contributed by atoms with E-state index in [1.165, 1.54) is 5.56 Å². The predicted molar refractivity (Wildman–Crippen MR) is 107 cm³/mol. The van der Waals surface area contributed by atoms with Crippen molar-refractivity contribution in [2.75, 3.05) is 6.61 Å². The third-order valence-corrected chi connectivity index (χ3v) is 4.72. The monoisotopic (exact) mass is 368 g/mol. The van der Waals surface area contributed by atoms with Crippen LogP contribution in [-0.4, -0.2) is 6.61 Å². The third-order valence-electron chi connectivity index (χ3n) is 4.37. The van der Waals surface area contributed by atoms with Crippen molar-refractivity contribution >= 4 is 11.6 Å². The number of ether oxygens (including phenoxy) is 1. The molecule has 0 N–H and O–H groups in total. The van der Waals surface area contributed by atoms with Crippen molar-refractivity contribution in [2.24, 2.45) is 0 Å². The van der Waals surface area contributed by atoms with Crippen molar-refractivity contribution in [3.8, 4) is 28.0 Å². The first-order valence-electron chi connectivity index (χ1n) is 8.94. The molecule has 0 aromatic heterocycles. The highest BCUT2D eigenvalue weighted by molar-refractivity contribution is 6.32. The molecule has 3 rings (SSSR count). The van der Waals surface area contributed by atoms with Gasteiger partial charge in [0, 0.05) is 5.56 Å². The topological polar surface area (TPSA) is 9.23 Å². The Bertz CT molecular complexity index is 870. The molecule has 0 saturated carbocycles. The Morgan fingerprint density at radius 2 is 1.38 bits per heavy atom. The standard InChI is InChI=1S/C23H22ClFO/c1-3-5-16-6-8-17(9-7-16)18-10-12-19(13-11-18)20-14-15-21(26-4-2)22(24)23(20)25/h6-15H,3-5H2,1-2H3. The number of halogens is 2. The largest absolute Gasteiger partial charge is 0.492 e. The van der Waals surface area contributed by atoms with Gasteiger partial charge in [-0.25, -0.2) is 4.39 Å². The van der Waals surface area contributed by atoms with Gasteiger partial charge in [-0.2, -0.15) is 0 Å². The van der Waals surface area contributed by atoms with Crippen LogP contribution in [-0.2, 0) is 6.42 Å². The van der Waals surface area contributed by atoms with Gasteiger partial charge in [0.15, 0.2) is 5.82 Å². The molecule has 0 amide bonds. The molecule has 0 unspecified atom stereocenters. The van der Waals surface area contributed by atoms with Gasteiger partial charge in [-0.1, -0.05) is 73.5 Å². The van der Waals surface area contributed by atoms with E-state index >= 15 is 0 Å². The summed E-state index contributed by atoms with van der Waals surface area (Å²) in [5, 5.41) is 0.0277. The highest BCUT2D eigenvalue weighted by Crippen LogP contribution is 2.35. The van der Waals surface area contributed by atoms with E-state index in [0.717, 1.165) is 29.5 Å². The van der Waals surface area contributed by atoms with Crippen LogP contribution >= 0.6 is 11.6 Å². The maximum atomic E-state index is 14.6. The first-order valence-corrected chi connectivity index (χ1v) is 9.32. The van der Waals surface area contributed by atoms with E-state index in [2.05, 4.69) is 31.2 Å². The number of hydrogen-bond acceptors (Lipinski definition) is 1. The molecule has 0 aliphatic rings. The van der Waals surface area contributed by atoms with Crippen molar-refractivity contribution in [3.05, 3.63) is 77.1 Å². The zero-order valence-corrected chi connectivity index (χ0v) is 15.8. The minimum Gasteiger partial charge on any atom is -0.492 e. The molecule has 0 atom stereocenters. The van der Waals surface area contributed by atoms with Crippen molar-refractivity contribution in [3.63, 3.8) is 0 Å². The van der Waals surface area contributed by atoms with Gasteiger partial charge in [0.05, 0.1) is 6.61 Å². The zero-order valence-electron chi connectivity index (χ0n) is 15.1. The van der Waals surface area contributed by atoms with Gasteiger partial charge >= 0.3 is 0 Å². The molecule has 134 valence electrons. The van der Waals surface area contributed by atoms with Gasteiger partial charge in [0.1, 0.15) is 10.8 Å². The van der Waals surface area contributed by atoms with E-state index in [-0.39, 0.29) is 5.02 Å². The smallest absolute Gasteiger partial charge is 0.153 e. The quantitative estimate of drug-likeness (QED) is 0.448. The number of aryl methyl sites for hydroxylation is 1. The fourth-order valence-electron chi connectivity index (χ4n) is 3.02. The lowest BCUT2D eigenvalue weighted by atomic mass is 9.98. The van der Waals surface area contributed by atoms with Crippen LogP contribution in [0, 0.1) is 5.82 Å². The minimum absolute atomic E-state index is 0.0277. The van der Waals surface area contributed by atoms with Crippen LogP contribution in [0.5, 0.6) is 5.75 Å². The van der Waals surface area contributed by atoms with Crippen LogP contribution < -0.4 is 4.74 Å². The molecule has 3 aromatic carbocycles. The summed E-state index contributed by atoms with van der Waals surface area (Å²) in [5.74, 6) is -0.0755.